The second kappa shape index (κ2) is 18.6. The van der Waals surface area contributed by atoms with Crippen LogP contribution in [0.4, 0.5) is 27.8 Å². The van der Waals surface area contributed by atoms with Crippen molar-refractivity contribution in [3.05, 3.63) is 53.2 Å². The van der Waals surface area contributed by atoms with Gasteiger partial charge in [-0.3, -0.25) is 4.90 Å². The molecule has 0 amide bonds. The quantitative estimate of drug-likeness (QED) is 0.0883. The van der Waals surface area contributed by atoms with E-state index in [4.69, 9.17) is 26.1 Å². The number of halogens is 5. The number of aromatic nitrogens is 3. The molecule has 8 rings (SSSR count). The van der Waals surface area contributed by atoms with Crippen molar-refractivity contribution in [1.82, 2.24) is 25.2 Å². The third-order valence-electron chi connectivity index (χ3n) is 11.5. The van der Waals surface area contributed by atoms with E-state index in [-0.39, 0.29) is 40.3 Å². The molecule has 4 aliphatic rings. The number of nitrogens with zero attached hydrogens (tertiary/aromatic N) is 4. The lowest BCUT2D eigenvalue weighted by atomic mass is 9.95. The summed E-state index contributed by atoms with van der Waals surface area (Å²) >= 11 is 0. The molecule has 0 bridgehead atoms. The van der Waals surface area contributed by atoms with Crippen LogP contribution in [0.3, 0.4) is 0 Å². The Hall–Kier alpha value is -4.12. The minimum Gasteiger partial charge on any atom is -0.461 e. The van der Waals surface area contributed by atoms with Crippen molar-refractivity contribution < 1.29 is 31.4 Å². The molecule has 3 fully saturated rings. The molecule has 0 spiro atoms. The van der Waals surface area contributed by atoms with Gasteiger partial charge < -0.3 is 20.1 Å². The number of hydrogen-bond donors (Lipinski definition) is 2. The first-order valence-corrected chi connectivity index (χ1v) is 20.6. The molecule has 3 aliphatic heterocycles. The molecule has 2 saturated heterocycles. The lowest BCUT2D eigenvalue weighted by Crippen LogP contribution is -2.43. The molecule has 5 heterocycles. The van der Waals surface area contributed by atoms with Gasteiger partial charge in [0.05, 0.1) is 22.2 Å². The Labute approximate surface area is 332 Å². The summed E-state index contributed by atoms with van der Waals surface area (Å²) in [6, 6.07) is 8.69. The van der Waals surface area contributed by atoms with Gasteiger partial charge in [-0.1, -0.05) is 57.4 Å². The van der Waals surface area contributed by atoms with E-state index in [1.807, 2.05) is 26.0 Å². The maximum absolute atomic E-state index is 16.9. The van der Waals surface area contributed by atoms with Crippen LogP contribution in [-0.2, 0) is 11.2 Å². The van der Waals surface area contributed by atoms with Crippen LogP contribution in [0, 0.1) is 29.9 Å². The fourth-order valence-corrected chi connectivity index (χ4v) is 8.61. The van der Waals surface area contributed by atoms with Crippen LogP contribution in [0.1, 0.15) is 96.2 Å². The number of alkyl halides is 3. The number of hydrogen-bond acceptors (Lipinski definition) is 8. The van der Waals surface area contributed by atoms with Crippen LogP contribution in [0.2, 0.25) is 0 Å². The molecule has 2 aromatic carbocycles. The lowest BCUT2D eigenvalue weighted by Gasteiger charge is -2.31. The van der Waals surface area contributed by atoms with Crippen molar-refractivity contribution in [3.63, 3.8) is 0 Å². The van der Waals surface area contributed by atoms with Crippen LogP contribution in [-0.4, -0.2) is 83.6 Å². The van der Waals surface area contributed by atoms with Gasteiger partial charge >= 0.3 is 12.2 Å². The monoisotopic (exact) mass is 794 g/mol. The molecule has 0 radical (unpaired) electrons. The number of fused-ring (bicyclic) bond motifs is 2. The van der Waals surface area contributed by atoms with Crippen molar-refractivity contribution in [3.8, 4) is 29.6 Å². The van der Waals surface area contributed by atoms with Crippen molar-refractivity contribution in [2.24, 2.45) is 5.92 Å². The number of rotatable bonds is 11. The normalized spacial score (nSPS) is 19.3. The third-order valence-corrected chi connectivity index (χ3v) is 11.5. The van der Waals surface area contributed by atoms with E-state index in [9.17, 15) is 17.6 Å². The minimum atomic E-state index is -4.17. The minimum absolute atomic E-state index is 0.00512. The number of anilines is 1. The Bertz CT molecular complexity index is 2040. The van der Waals surface area contributed by atoms with Gasteiger partial charge in [0.25, 0.3) is 0 Å². The molecule has 2 aromatic heterocycles. The number of aryl methyl sites for hydroxylation is 1. The van der Waals surface area contributed by atoms with Gasteiger partial charge in [0.15, 0.2) is 11.9 Å². The summed E-state index contributed by atoms with van der Waals surface area (Å²) in [5.41, 5.74) is 1.50. The number of unbranched alkanes of at least 4 members (excludes halogenated alkanes) is 1. The summed E-state index contributed by atoms with van der Waals surface area (Å²) in [5, 5.41) is 8.92. The van der Waals surface area contributed by atoms with E-state index in [2.05, 4.69) is 33.1 Å². The Kier molecular flexibility index (Phi) is 13.9. The highest BCUT2D eigenvalue weighted by molar-refractivity contribution is 6.02. The molecule has 2 N–H and O–H groups in total. The molecule has 1 saturated carbocycles. The molecule has 2 atom stereocenters. The van der Waals surface area contributed by atoms with Crippen LogP contribution in [0.5, 0.6) is 6.01 Å². The number of terminal acetylenes is 1. The highest BCUT2D eigenvalue weighted by atomic mass is 19.4. The number of pyridine rings is 1. The summed E-state index contributed by atoms with van der Waals surface area (Å²) in [6.45, 7) is 10.5. The van der Waals surface area contributed by atoms with Gasteiger partial charge in [-0.15, -0.1) is 6.42 Å². The summed E-state index contributed by atoms with van der Waals surface area (Å²) in [4.78, 5) is 17.0. The van der Waals surface area contributed by atoms with Gasteiger partial charge in [-0.2, -0.15) is 23.1 Å². The summed E-state index contributed by atoms with van der Waals surface area (Å²) in [6.07, 6.45) is 10.5. The first-order chi connectivity index (χ1) is 27.6. The maximum atomic E-state index is 16.9. The van der Waals surface area contributed by atoms with Gasteiger partial charge in [-0.25, -0.2) is 13.8 Å². The molecule has 4 aromatic rings. The van der Waals surface area contributed by atoms with E-state index in [1.54, 1.807) is 12.1 Å². The van der Waals surface area contributed by atoms with Crippen molar-refractivity contribution in [2.45, 2.75) is 115 Å². The fourth-order valence-electron chi connectivity index (χ4n) is 8.61. The van der Waals surface area contributed by atoms with E-state index in [0.717, 1.165) is 90.0 Å². The summed E-state index contributed by atoms with van der Waals surface area (Å²) in [7, 11) is 1.11. The first-order valence-electron chi connectivity index (χ1n) is 20.6. The molecule has 2 unspecified atom stereocenters. The molecular formula is C44H55F5N6O2. The van der Waals surface area contributed by atoms with E-state index in [0.29, 0.717) is 53.7 Å². The third kappa shape index (κ3) is 9.29. The van der Waals surface area contributed by atoms with Gasteiger partial charge in [0, 0.05) is 30.6 Å². The van der Waals surface area contributed by atoms with Crippen molar-refractivity contribution >= 4 is 27.5 Å². The zero-order valence-electron chi connectivity index (χ0n) is 33.5. The van der Waals surface area contributed by atoms with Crippen LogP contribution in [0.25, 0.3) is 32.9 Å². The maximum Gasteiger partial charge on any atom is 0.414 e. The zero-order valence-corrected chi connectivity index (χ0v) is 33.5. The van der Waals surface area contributed by atoms with E-state index in [1.165, 1.54) is 6.07 Å². The molecular weight excluding hydrogens is 740 g/mol. The Morgan fingerprint density at radius 2 is 1.77 bits per heavy atom. The van der Waals surface area contributed by atoms with E-state index >= 15 is 4.39 Å². The standard InChI is InChI=1S/C36H40F2N6O.C6H9F3O.C2H6/c1-3-5-18-39-21-24-11-7-13-28-30-33(42-35(43-34(30)40-24)45-22-36-16-8-19-44(36)20-9-17-36)31(38)32(41-28)26-12-6-10-23-14-15-27(37)25(4-2)29(23)26;1-10-5(4-2-3-4)6(7,8)9;1-2/h2,6,10,12,14-15,24,39H,3,5,7-9,11,13,16-22H2,1H3,(H,40,42,43);4-5H,2-3H2,1H3;1-2H3. The van der Waals surface area contributed by atoms with Gasteiger partial charge in [-0.05, 0) is 101 Å². The topological polar surface area (TPSA) is 84.4 Å². The number of nitrogens with one attached hydrogen (secondary N) is 2. The molecule has 1 aliphatic carbocycles. The average molecular weight is 795 g/mol. The second-order valence-electron chi connectivity index (χ2n) is 15.3. The molecule has 308 valence electrons. The van der Waals surface area contributed by atoms with Crippen molar-refractivity contribution in [2.75, 3.05) is 45.2 Å². The highest BCUT2D eigenvalue weighted by Crippen LogP contribution is 2.43. The molecule has 57 heavy (non-hydrogen) atoms. The largest absolute Gasteiger partial charge is 0.461 e. The zero-order chi connectivity index (χ0) is 40.7. The fraction of sp³-hybridized carbons (Fsp3) is 0.568. The van der Waals surface area contributed by atoms with Crippen LogP contribution in [0.15, 0.2) is 30.3 Å². The summed E-state index contributed by atoms with van der Waals surface area (Å²) in [5.74, 6) is 1.64. The number of ether oxygens (including phenoxy) is 2. The van der Waals surface area contributed by atoms with Crippen LogP contribution < -0.4 is 15.4 Å². The van der Waals surface area contributed by atoms with Crippen LogP contribution >= 0.6 is 0 Å². The predicted molar refractivity (Wildman–Crippen MR) is 215 cm³/mol. The molecule has 8 nitrogen and oxygen atoms in total. The number of methoxy groups -OCH3 is 1. The number of benzene rings is 2. The first kappa shape index (κ1) is 42.5. The predicted octanol–water partition coefficient (Wildman–Crippen LogP) is 9.62. The highest BCUT2D eigenvalue weighted by Gasteiger charge is 2.49. The summed E-state index contributed by atoms with van der Waals surface area (Å²) < 4.78 is 78.1. The van der Waals surface area contributed by atoms with E-state index < -0.39 is 23.9 Å². The molecule has 13 heteroatoms. The Balaban J connectivity index is 0.000000397. The van der Waals surface area contributed by atoms with Gasteiger partial charge in [0.1, 0.15) is 29.5 Å². The van der Waals surface area contributed by atoms with Crippen molar-refractivity contribution in [1.29, 1.82) is 0 Å². The Morgan fingerprint density at radius 3 is 2.42 bits per heavy atom. The smallest absolute Gasteiger partial charge is 0.414 e. The second-order valence-corrected chi connectivity index (χ2v) is 15.3. The van der Waals surface area contributed by atoms with Gasteiger partial charge in [0.2, 0.25) is 0 Å². The SMILES string of the molecule is C#Cc1c(F)ccc2cccc(-c3nc4c5c(nc(OCC67CCCN6CCC7)nc5c3F)NC(CNCCCC)CCC4)c12.CC.COC(C1CC1)C(F)(F)F. The average Bonchev–Trinajstić information content (AvgIpc) is 3.81. The Morgan fingerprint density at radius 1 is 1.02 bits per heavy atom. The lowest BCUT2D eigenvalue weighted by molar-refractivity contribution is -0.218.